The zero-order chi connectivity index (χ0) is 24.3. The molecule has 1 aromatic rings. The average molecular weight is 498 g/mol. The third kappa shape index (κ3) is 5.20. The summed E-state index contributed by atoms with van der Waals surface area (Å²) in [6.45, 7) is -0.294. The number of carbonyl (C=O) groups is 1. The number of aliphatic hydroxyl groups is 1. The number of H-pyrrole nitrogens is 1. The van der Waals surface area contributed by atoms with E-state index in [0.29, 0.717) is 12.8 Å². The van der Waals surface area contributed by atoms with E-state index in [4.69, 9.17) is 29.5 Å². The molecule has 0 spiro atoms. The normalized spacial score (nSPS) is 33.4. The van der Waals surface area contributed by atoms with E-state index in [2.05, 4.69) is 10.9 Å². The number of fused-ring (bicyclic) bond motifs is 1. The fourth-order valence-electron chi connectivity index (χ4n) is 4.28. The first-order valence-corrected chi connectivity index (χ1v) is 12.6. The van der Waals surface area contributed by atoms with E-state index in [1.807, 2.05) is 0 Å². The number of phosphoric acid groups is 1. The van der Waals surface area contributed by atoms with Crippen LogP contribution in [-0.2, 0) is 32.4 Å². The molecule has 3 fully saturated rings. The molecule has 0 aromatic carbocycles. The van der Waals surface area contributed by atoms with Crippen LogP contribution in [0.1, 0.15) is 51.2 Å². The Bertz CT molecular complexity index is 1100. The molecule has 3 heterocycles. The molecule has 186 valence electrons. The van der Waals surface area contributed by atoms with E-state index >= 15 is 0 Å². The van der Waals surface area contributed by atoms with Gasteiger partial charge in [0.1, 0.15) is 18.3 Å². The number of aromatic amines is 1. The first-order valence-electron chi connectivity index (χ1n) is 11.2. The van der Waals surface area contributed by atoms with Crippen molar-refractivity contribution >= 4 is 13.8 Å². The Labute approximate surface area is 195 Å². The fraction of sp³-hybridized carbons (Fsp3) is 0.667. The highest BCUT2D eigenvalue weighted by Gasteiger charge is 2.62. The van der Waals surface area contributed by atoms with E-state index in [1.165, 1.54) is 0 Å². The van der Waals surface area contributed by atoms with Gasteiger partial charge in [0.15, 0.2) is 11.8 Å². The number of carbonyl (C=O) groups excluding carboxylic acids is 1. The summed E-state index contributed by atoms with van der Waals surface area (Å²) in [5.41, 5.74) is -3.68. The standard InChI is InChI=1S/C21H27N2O10P/c1-2-21(27)18-15(32-19(21)23-11-10-16(24)22-20(23)26)13-30-34(28,33-18)29-12-6-5-9-17(25)31-14-7-3-4-8-14/h1,10-11,14-15,18-19,27H,3-9,12-13H2,(H,22,24,26)/t15-,18-,19-,21-,34?/m1/s1. The van der Waals surface area contributed by atoms with Gasteiger partial charge in [0.25, 0.3) is 5.56 Å². The second kappa shape index (κ2) is 10.2. The maximum Gasteiger partial charge on any atom is 0.475 e. The molecule has 1 aromatic heterocycles. The van der Waals surface area contributed by atoms with Crippen molar-refractivity contribution in [1.82, 2.24) is 9.55 Å². The first kappa shape index (κ1) is 24.9. The molecule has 0 bridgehead atoms. The summed E-state index contributed by atoms with van der Waals surface area (Å²) in [7, 11) is -4.10. The van der Waals surface area contributed by atoms with Gasteiger partial charge >= 0.3 is 19.5 Å². The highest BCUT2D eigenvalue weighted by atomic mass is 31.2. The number of hydrogen-bond donors (Lipinski definition) is 2. The SMILES string of the molecule is C#C[C@@]1(O)[C@@H]2OP(=O)(OCCCCC(=O)OC3CCCC3)OC[C@H]2O[C@H]1n1ccc(=O)[nH]c1=O. The highest BCUT2D eigenvalue weighted by molar-refractivity contribution is 7.48. The molecule has 2 N–H and O–H groups in total. The van der Waals surface area contributed by atoms with Crippen LogP contribution in [0.3, 0.4) is 0 Å². The van der Waals surface area contributed by atoms with Crippen LogP contribution in [0.5, 0.6) is 0 Å². The largest absolute Gasteiger partial charge is 0.475 e. The second-order valence-corrected chi connectivity index (χ2v) is 10.1. The van der Waals surface area contributed by atoms with Crippen LogP contribution >= 0.6 is 7.82 Å². The van der Waals surface area contributed by atoms with Crippen molar-refractivity contribution in [1.29, 1.82) is 0 Å². The monoisotopic (exact) mass is 498 g/mol. The molecule has 1 unspecified atom stereocenters. The van der Waals surface area contributed by atoms with Crippen LogP contribution in [0.4, 0.5) is 0 Å². The lowest BCUT2D eigenvalue weighted by molar-refractivity contribution is -0.148. The summed E-state index contributed by atoms with van der Waals surface area (Å²) >= 11 is 0. The third-order valence-electron chi connectivity index (χ3n) is 6.05. The Balaban J connectivity index is 1.32. The molecule has 13 heteroatoms. The third-order valence-corrected chi connectivity index (χ3v) is 7.50. The number of esters is 1. The molecule has 5 atom stereocenters. The van der Waals surface area contributed by atoms with Gasteiger partial charge in [-0.2, -0.15) is 0 Å². The Kier molecular flexibility index (Phi) is 7.42. The number of nitrogens with one attached hydrogen (secondary N) is 1. The fourth-order valence-corrected chi connectivity index (χ4v) is 5.74. The summed E-state index contributed by atoms with van der Waals surface area (Å²) in [6, 6.07) is 1.07. The van der Waals surface area contributed by atoms with Crippen LogP contribution in [0.2, 0.25) is 0 Å². The summed E-state index contributed by atoms with van der Waals surface area (Å²) in [5.74, 6) is 1.89. The van der Waals surface area contributed by atoms with E-state index in [0.717, 1.165) is 42.5 Å². The lowest BCUT2D eigenvalue weighted by Gasteiger charge is -2.34. The van der Waals surface area contributed by atoms with Crippen molar-refractivity contribution in [2.45, 2.75) is 75.1 Å². The molecule has 12 nitrogen and oxygen atoms in total. The molecule has 2 aliphatic heterocycles. The van der Waals surface area contributed by atoms with Gasteiger partial charge in [-0.1, -0.05) is 5.92 Å². The molecule has 1 aliphatic carbocycles. The molecule has 0 radical (unpaired) electrons. The molecule has 1 saturated carbocycles. The molecule has 2 saturated heterocycles. The van der Waals surface area contributed by atoms with Gasteiger partial charge in [-0.25, -0.2) is 9.36 Å². The van der Waals surface area contributed by atoms with Crippen molar-refractivity contribution in [3.8, 4) is 12.3 Å². The molecular formula is C21H27N2O10P. The van der Waals surface area contributed by atoms with Gasteiger partial charge < -0.3 is 14.6 Å². The lowest BCUT2D eigenvalue weighted by Crippen LogP contribution is -2.50. The van der Waals surface area contributed by atoms with E-state index in [9.17, 15) is 24.1 Å². The number of hydrogen-bond acceptors (Lipinski definition) is 10. The van der Waals surface area contributed by atoms with Gasteiger partial charge in [0.2, 0.25) is 0 Å². The number of rotatable bonds is 8. The van der Waals surface area contributed by atoms with E-state index in [-0.39, 0.29) is 31.7 Å². The Morgan fingerprint density at radius 3 is 2.82 bits per heavy atom. The van der Waals surface area contributed by atoms with Crippen LogP contribution in [0, 0.1) is 12.3 Å². The quantitative estimate of drug-likeness (QED) is 0.229. The van der Waals surface area contributed by atoms with Gasteiger partial charge in [0, 0.05) is 18.7 Å². The Morgan fingerprint density at radius 1 is 1.35 bits per heavy atom. The summed E-state index contributed by atoms with van der Waals surface area (Å²) < 4.78 is 40.9. The second-order valence-electron chi connectivity index (χ2n) is 8.47. The molecule has 3 aliphatic rings. The van der Waals surface area contributed by atoms with E-state index < -0.39 is 43.1 Å². The smallest absolute Gasteiger partial charge is 0.462 e. The van der Waals surface area contributed by atoms with Gasteiger partial charge in [-0.15, -0.1) is 6.42 Å². The molecule has 0 amide bonds. The summed E-state index contributed by atoms with van der Waals surface area (Å²) in [6.07, 6.45) is 8.03. The molecule has 34 heavy (non-hydrogen) atoms. The number of ether oxygens (including phenoxy) is 2. The van der Waals surface area contributed by atoms with Crippen molar-refractivity contribution in [2.24, 2.45) is 0 Å². The zero-order valence-electron chi connectivity index (χ0n) is 18.4. The van der Waals surface area contributed by atoms with Crippen molar-refractivity contribution in [3.05, 3.63) is 33.1 Å². The van der Waals surface area contributed by atoms with Crippen LogP contribution in [-0.4, -0.2) is 57.8 Å². The number of unbranched alkanes of at least 4 members (excludes halogenated alkanes) is 1. The predicted molar refractivity (Wildman–Crippen MR) is 116 cm³/mol. The number of aromatic nitrogens is 2. The van der Waals surface area contributed by atoms with Gasteiger partial charge in [-0.3, -0.25) is 32.7 Å². The Morgan fingerprint density at radius 2 is 2.12 bits per heavy atom. The minimum Gasteiger partial charge on any atom is -0.462 e. The van der Waals surface area contributed by atoms with Crippen LogP contribution in [0.15, 0.2) is 21.9 Å². The van der Waals surface area contributed by atoms with Crippen LogP contribution < -0.4 is 11.2 Å². The van der Waals surface area contributed by atoms with Gasteiger partial charge in [-0.05, 0) is 38.5 Å². The lowest BCUT2D eigenvalue weighted by atomic mass is 9.95. The van der Waals surface area contributed by atoms with Crippen molar-refractivity contribution in [3.63, 3.8) is 0 Å². The topological polar surface area (TPSA) is 155 Å². The Hall–Kier alpha value is -2.26. The average Bonchev–Trinajstić information content (AvgIpc) is 3.40. The number of nitrogens with zero attached hydrogens (tertiary/aromatic N) is 1. The molecule has 4 rings (SSSR count). The first-order chi connectivity index (χ1) is 16.2. The molecular weight excluding hydrogens is 471 g/mol. The summed E-state index contributed by atoms with van der Waals surface area (Å²) in [5, 5.41) is 11.1. The maximum atomic E-state index is 13.0. The van der Waals surface area contributed by atoms with E-state index in [1.54, 1.807) is 0 Å². The minimum absolute atomic E-state index is 0.0101. The number of phosphoric ester groups is 1. The summed E-state index contributed by atoms with van der Waals surface area (Å²) in [4.78, 5) is 37.4. The minimum atomic E-state index is -4.10. The highest BCUT2D eigenvalue weighted by Crippen LogP contribution is 2.58. The maximum absolute atomic E-state index is 13.0. The zero-order valence-corrected chi connectivity index (χ0v) is 19.3. The van der Waals surface area contributed by atoms with Gasteiger partial charge in [0.05, 0.1) is 13.2 Å². The predicted octanol–water partition coefficient (Wildman–Crippen LogP) is 0.994. The van der Waals surface area contributed by atoms with Crippen molar-refractivity contribution < 1.29 is 37.5 Å². The van der Waals surface area contributed by atoms with Crippen LogP contribution in [0.25, 0.3) is 0 Å². The van der Waals surface area contributed by atoms with Crippen molar-refractivity contribution in [2.75, 3.05) is 13.2 Å². The number of terminal acetylenes is 1.